The van der Waals surface area contributed by atoms with Gasteiger partial charge in [-0.05, 0) is 86.9 Å². The van der Waals surface area contributed by atoms with Gasteiger partial charge in [-0.15, -0.1) is 0 Å². The van der Waals surface area contributed by atoms with Gasteiger partial charge in [-0.2, -0.15) is 0 Å². The van der Waals surface area contributed by atoms with E-state index < -0.39 is 5.91 Å². The summed E-state index contributed by atoms with van der Waals surface area (Å²) in [4.78, 5) is 23.4. The Balaban J connectivity index is 1.38. The van der Waals surface area contributed by atoms with Crippen molar-refractivity contribution < 1.29 is 14.6 Å². The highest BCUT2D eigenvalue weighted by Gasteiger charge is 2.23. The maximum absolute atomic E-state index is 13.1. The Labute approximate surface area is 204 Å². The molecule has 1 N–H and O–H groups in total. The van der Waals surface area contributed by atoms with Crippen LogP contribution in [0.5, 0.6) is 5.88 Å². The summed E-state index contributed by atoms with van der Waals surface area (Å²) in [5.74, 6) is -0.407. The zero-order valence-corrected chi connectivity index (χ0v) is 20.0. The number of anilines is 1. The minimum atomic E-state index is -0.391. The summed E-state index contributed by atoms with van der Waals surface area (Å²) in [6.07, 6.45) is 6.63. The number of rotatable bonds is 6. The first-order valence-electron chi connectivity index (χ1n) is 12.3. The van der Waals surface area contributed by atoms with Crippen molar-refractivity contribution in [3.63, 3.8) is 0 Å². The van der Waals surface area contributed by atoms with Crippen LogP contribution in [0.3, 0.4) is 0 Å². The van der Waals surface area contributed by atoms with Crippen LogP contribution in [0.15, 0.2) is 52.7 Å². The van der Waals surface area contributed by atoms with Gasteiger partial charge in [-0.1, -0.05) is 6.07 Å². The fraction of sp³-hybridized carbons (Fsp3) is 0.407. The van der Waals surface area contributed by atoms with Crippen LogP contribution in [0.4, 0.5) is 11.4 Å². The third-order valence-electron chi connectivity index (χ3n) is 6.80. The first-order valence-corrected chi connectivity index (χ1v) is 12.3. The lowest BCUT2D eigenvalue weighted by atomic mass is 10.0. The molecule has 3 aromatic rings. The van der Waals surface area contributed by atoms with Crippen LogP contribution in [0, 0.1) is 6.92 Å². The number of benzene rings is 2. The van der Waals surface area contributed by atoms with E-state index in [2.05, 4.69) is 31.1 Å². The molecule has 0 saturated carbocycles. The number of ether oxygens (including phenoxy) is 1. The van der Waals surface area contributed by atoms with Crippen LogP contribution in [0.2, 0.25) is 0 Å². The molecule has 2 fully saturated rings. The average Bonchev–Trinajstić information content (AvgIpc) is 3.57. The van der Waals surface area contributed by atoms with Crippen LogP contribution < -0.4 is 9.81 Å². The van der Waals surface area contributed by atoms with E-state index in [9.17, 15) is 9.90 Å². The van der Waals surface area contributed by atoms with E-state index in [-0.39, 0.29) is 5.88 Å². The standard InChI is InChI=1S/C27H29N5O3/c1-18-15-26(33)28-24-10-8-20(17-22(18)24)29-31-30-27(34)23-16-19(6-9-21-5-4-14-35-21)7-11-25(23)32-12-2-3-13-32/h7-8,10-11,15-17,21H,2-6,9,12-14H2,1H3/p+1. The quantitative estimate of drug-likeness (QED) is 0.382. The maximum atomic E-state index is 13.1. The van der Waals surface area contributed by atoms with Crippen molar-refractivity contribution in [1.82, 2.24) is 9.90 Å². The highest BCUT2D eigenvalue weighted by atomic mass is 16.5. The van der Waals surface area contributed by atoms with Gasteiger partial charge in [0.1, 0.15) is 0 Å². The van der Waals surface area contributed by atoms with E-state index in [1.54, 1.807) is 18.2 Å². The van der Waals surface area contributed by atoms with Gasteiger partial charge in [0.25, 0.3) is 0 Å². The number of carbonyl (C=O) groups is 1. The Kier molecular flexibility index (Phi) is 6.84. The van der Waals surface area contributed by atoms with E-state index >= 15 is 0 Å². The molecule has 0 radical (unpaired) electrons. The molecule has 2 aliphatic heterocycles. The SMILES string of the molecule is Cc1cc(O)nc2ccc(N=[N+]=NC(=O)c3cc(CCC4CCCO4)ccc3N3CCCC3)cc12. The second kappa shape index (κ2) is 10.3. The molecule has 2 aromatic carbocycles. The van der Waals surface area contributed by atoms with Crippen molar-refractivity contribution in [1.29, 1.82) is 0 Å². The van der Waals surface area contributed by atoms with Gasteiger partial charge >= 0.3 is 5.91 Å². The molecule has 1 amide bonds. The predicted octanol–water partition coefficient (Wildman–Crippen LogP) is 5.40. The zero-order valence-electron chi connectivity index (χ0n) is 20.0. The maximum Gasteiger partial charge on any atom is 0.362 e. The van der Waals surface area contributed by atoms with Crippen LogP contribution >= 0.6 is 0 Å². The lowest BCUT2D eigenvalue weighted by Gasteiger charge is -2.20. The van der Waals surface area contributed by atoms with Gasteiger partial charge in [0.05, 0.1) is 17.2 Å². The number of fused-ring (bicyclic) bond motifs is 1. The van der Waals surface area contributed by atoms with Gasteiger partial charge in [-0.3, -0.25) is 4.79 Å². The van der Waals surface area contributed by atoms with Crippen molar-refractivity contribution in [2.45, 2.75) is 51.6 Å². The van der Waals surface area contributed by atoms with E-state index in [1.807, 2.05) is 25.1 Å². The predicted molar refractivity (Wildman–Crippen MR) is 134 cm³/mol. The number of amides is 1. The fourth-order valence-electron chi connectivity index (χ4n) is 4.94. The van der Waals surface area contributed by atoms with Gasteiger partial charge in [-0.25, -0.2) is 4.98 Å². The Morgan fingerprint density at radius 1 is 1.17 bits per heavy atom. The molecule has 8 heteroatoms. The number of hydrogen-bond donors (Lipinski definition) is 1. The number of hydrogen-bond acceptors (Lipinski definition) is 6. The molecule has 35 heavy (non-hydrogen) atoms. The number of aromatic hydroxyl groups is 1. The average molecular weight is 473 g/mol. The summed E-state index contributed by atoms with van der Waals surface area (Å²) in [7, 11) is 0. The Hall–Kier alpha value is -3.61. The fourth-order valence-corrected chi connectivity index (χ4v) is 4.94. The second-order valence-corrected chi connectivity index (χ2v) is 9.31. The lowest BCUT2D eigenvalue weighted by Crippen LogP contribution is -2.20. The molecule has 1 atom stereocenters. The number of carbonyl (C=O) groups excluding carboxylic acids is 1. The summed E-state index contributed by atoms with van der Waals surface area (Å²) in [6.45, 7) is 4.63. The van der Waals surface area contributed by atoms with Gasteiger partial charge in [0.2, 0.25) is 15.9 Å². The van der Waals surface area contributed by atoms with Crippen molar-refractivity contribution >= 4 is 28.2 Å². The molecular weight excluding hydrogens is 442 g/mol. The largest absolute Gasteiger partial charge is 0.493 e. The van der Waals surface area contributed by atoms with Crippen LogP contribution in [0.1, 0.15) is 53.6 Å². The Morgan fingerprint density at radius 2 is 2.03 bits per heavy atom. The Bertz CT molecular complexity index is 1300. The molecule has 3 heterocycles. The third kappa shape index (κ3) is 5.39. The molecule has 1 unspecified atom stereocenters. The highest BCUT2D eigenvalue weighted by molar-refractivity contribution is 6.00. The number of aryl methyl sites for hydroxylation is 2. The molecule has 0 bridgehead atoms. The van der Waals surface area contributed by atoms with Crippen molar-refractivity contribution in [3.05, 3.63) is 59.2 Å². The first kappa shape index (κ1) is 23.1. The molecule has 1 aromatic heterocycles. The van der Waals surface area contributed by atoms with Gasteiger partial charge in [0, 0.05) is 36.8 Å². The minimum Gasteiger partial charge on any atom is -0.493 e. The summed E-state index contributed by atoms with van der Waals surface area (Å²) in [6, 6.07) is 13.0. The number of aromatic nitrogens is 1. The highest BCUT2D eigenvalue weighted by Crippen LogP contribution is 2.28. The van der Waals surface area contributed by atoms with Crippen LogP contribution in [0.25, 0.3) is 10.9 Å². The molecule has 2 saturated heterocycles. The first-order chi connectivity index (χ1) is 17.1. The van der Waals surface area contributed by atoms with Crippen molar-refractivity contribution in [2.75, 3.05) is 24.6 Å². The van der Waals surface area contributed by atoms with Gasteiger partial charge in [0.15, 0.2) is 10.8 Å². The van der Waals surface area contributed by atoms with E-state index in [0.717, 1.165) is 80.4 Å². The monoisotopic (exact) mass is 472 g/mol. The molecule has 2 aliphatic rings. The van der Waals surface area contributed by atoms with Crippen LogP contribution in [-0.4, -0.2) is 41.8 Å². The molecule has 180 valence electrons. The normalized spacial score (nSPS) is 17.5. The van der Waals surface area contributed by atoms with E-state index in [4.69, 9.17) is 4.74 Å². The second-order valence-electron chi connectivity index (χ2n) is 9.31. The topological polar surface area (TPSA) is 101 Å². The summed E-state index contributed by atoms with van der Waals surface area (Å²) in [5, 5.41) is 18.6. The smallest absolute Gasteiger partial charge is 0.362 e. The van der Waals surface area contributed by atoms with Gasteiger partial charge < -0.3 is 14.7 Å². The number of nitrogens with zero attached hydrogens (tertiary/aromatic N) is 5. The Morgan fingerprint density at radius 3 is 2.83 bits per heavy atom. The molecular formula is C27H30N5O3+. The number of pyridine rings is 1. The zero-order chi connectivity index (χ0) is 24.2. The lowest BCUT2D eigenvalue weighted by molar-refractivity contribution is 0.0993. The third-order valence-corrected chi connectivity index (χ3v) is 6.80. The van der Waals surface area contributed by atoms with E-state index in [1.165, 1.54) is 0 Å². The minimum absolute atomic E-state index is 0.0169. The molecule has 0 aliphatic carbocycles. The van der Waals surface area contributed by atoms with E-state index in [0.29, 0.717) is 22.9 Å². The molecule has 5 rings (SSSR count). The van der Waals surface area contributed by atoms with Crippen molar-refractivity contribution in [3.8, 4) is 5.88 Å². The molecule has 8 nitrogen and oxygen atoms in total. The molecule has 0 spiro atoms. The summed E-state index contributed by atoms with van der Waals surface area (Å²) >= 11 is 0. The summed E-state index contributed by atoms with van der Waals surface area (Å²) in [5.41, 5.74) is 4.72. The summed E-state index contributed by atoms with van der Waals surface area (Å²) < 4.78 is 5.76. The van der Waals surface area contributed by atoms with Crippen LogP contribution in [-0.2, 0) is 11.2 Å². The van der Waals surface area contributed by atoms with Crippen molar-refractivity contribution in [2.24, 2.45) is 10.2 Å².